The van der Waals surface area contributed by atoms with Crippen molar-refractivity contribution < 1.29 is 46.1 Å². The summed E-state index contributed by atoms with van der Waals surface area (Å²) in [7, 11) is 0. The van der Waals surface area contributed by atoms with E-state index in [4.69, 9.17) is 29.7 Å². The molecule has 0 aliphatic heterocycles. The van der Waals surface area contributed by atoms with Gasteiger partial charge in [-0.2, -0.15) is 0 Å². The van der Waals surface area contributed by atoms with E-state index in [1.54, 1.807) is 18.2 Å². The summed E-state index contributed by atoms with van der Waals surface area (Å²) >= 11 is 0. The van der Waals surface area contributed by atoms with Gasteiger partial charge < -0.3 is 13.3 Å². The molecule has 26 aromatic carbocycles. The Bertz CT molecular complexity index is 12200. The van der Waals surface area contributed by atoms with Crippen molar-refractivity contribution in [1.29, 1.82) is 0 Å². The van der Waals surface area contributed by atoms with Gasteiger partial charge >= 0.3 is 0 Å². The van der Waals surface area contributed by atoms with Crippen LogP contribution in [0.3, 0.4) is 0 Å². The minimum Gasteiger partial charge on any atom is -0.456 e. The first-order valence-electron chi connectivity index (χ1n) is 62.5. The van der Waals surface area contributed by atoms with Gasteiger partial charge in [-0.25, -0.2) is 0 Å². The molecule has 0 atom stereocenters. The van der Waals surface area contributed by atoms with Gasteiger partial charge in [0.1, 0.15) is 33.5 Å². The average Bonchev–Trinajstić information content (AvgIpc) is 1.28. The summed E-state index contributed by atoms with van der Waals surface area (Å²) in [5, 5.41) is 13.3. The predicted octanol–water partition coefficient (Wildman–Crippen LogP) is 41.4. The second-order valence-corrected chi connectivity index (χ2v) is 41.2. The zero-order valence-corrected chi connectivity index (χ0v) is 82.1. The topological polar surface area (TPSA) is 39.4 Å². The van der Waals surface area contributed by atoms with Gasteiger partial charge in [0.25, 0.3) is 0 Å². The molecule has 0 N–H and O–H groups in total. The van der Waals surface area contributed by atoms with Crippen molar-refractivity contribution >= 4 is 163 Å². The molecule has 3 heteroatoms. The lowest BCUT2D eigenvalue weighted by molar-refractivity contribution is 0.660. The van der Waals surface area contributed by atoms with Crippen LogP contribution in [0.5, 0.6) is 0 Å². The molecule has 150 heavy (non-hydrogen) atoms. The highest BCUT2D eigenvalue weighted by Crippen LogP contribution is 2.57. The highest BCUT2D eigenvalue weighted by atomic mass is 16.3. The fraction of sp³-hybridized carbons (Fsp3) is 0.0612. The summed E-state index contributed by atoms with van der Waals surface area (Å²) in [6, 6.07) is 104. The molecule has 0 saturated heterocycles. The second-order valence-electron chi connectivity index (χ2n) is 41.2. The third-order valence-corrected chi connectivity index (χ3v) is 32.0. The van der Waals surface area contributed by atoms with Gasteiger partial charge in [-0.1, -0.05) is 429 Å². The van der Waals surface area contributed by atoms with E-state index >= 15 is 0 Å². The largest absolute Gasteiger partial charge is 0.456 e. The molecule has 29 aromatic rings. The van der Waals surface area contributed by atoms with Crippen molar-refractivity contribution in [3.63, 3.8) is 0 Å². The maximum atomic E-state index is 9.47. The van der Waals surface area contributed by atoms with Gasteiger partial charge in [0.05, 0.1) is 32.9 Å². The highest BCUT2D eigenvalue weighted by molar-refractivity contribution is 6.27. The molecule has 0 fully saturated rings. The van der Waals surface area contributed by atoms with Crippen LogP contribution in [0.4, 0.5) is 0 Å². The maximum absolute atomic E-state index is 9.47. The quantitative estimate of drug-likeness (QED) is 0.142. The van der Waals surface area contributed by atoms with Gasteiger partial charge in [0.2, 0.25) is 0 Å². The molecule has 0 radical (unpaired) electrons. The van der Waals surface area contributed by atoms with Gasteiger partial charge in [0.15, 0.2) is 0 Å². The van der Waals surface area contributed by atoms with Crippen molar-refractivity contribution in [2.24, 2.45) is 0 Å². The Morgan fingerprint density at radius 2 is 0.353 bits per heavy atom. The number of benzene rings is 26. The summed E-state index contributed by atoms with van der Waals surface area (Å²) in [5.74, 6) is 0. The molecule has 3 nitrogen and oxygen atoms in total. The Hall–Kier alpha value is -18.5. The summed E-state index contributed by atoms with van der Waals surface area (Å²) in [5.41, 5.74) is 26.4. The molecular weight excluding hydrogens is 1810 g/mol. The van der Waals surface area contributed by atoms with Gasteiger partial charge in [0, 0.05) is 48.6 Å². The van der Waals surface area contributed by atoms with Crippen LogP contribution in [-0.2, 0) is 16.2 Å². The first-order chi connectivity index (χ1) is 83.6. The smallest absolute Gasteiger partial charge is 0.136 e. The zero-order valence-electron chi connectivity index (χ0n) is 106. The van der Waals surface area contributed by atoms with Gasteiger partial charge in [-0.15, -0.1) is 0 Å². The average molecular weight is 1940 g/mol. The number of fused-ring (bicyclic) bond motifs is 27. The molecular formula is C147H98O3. The van der Waals surface area contributed by atoms with Crippen molar-refractivity contribution in [2.75, 3.05) is 0 Å². The summed E-state index contributed by atoms with van der Waals surface area (Å²) < 4.78 is 238. The van der Waals surface area contributed by atoms with E-state index in [9.17, 15) is 16.4 Å². The monoisotopic (exact) mass is 1930 g/mol. The molecule has 3 aliphatic carbocycles. The Morgan fingerprint density at radius 1 is 0.147 bits per heavy atom. The van der Waals surface area contributed by atoms with Crippen LogP contribution < -0.4 is 0 Å². The zero-order chi connectivity index (χ0) is 121. The van der Waals surface area contributed by atoms with Crippen molar-refractivity contribution in [1.82, 2.24) is 0 Å². The van der Waals surface area contributed by atoms with E-state index in [1.807, 2.05) is 206 Å². The molecule has 3 aliphatic rings. The van der Waals surface area contributed by atoms with E-state index in [0.717, 1.165) is 104 Å². The van der Waals surface area contributed by atoms with E-state index in [1.165, 1.54) is 50.1 Å². The lowest BCUT2D eigenvalue weighted by Crippen LogP contribution is -2.14. The predicted molar refractivity (Wildman–Crippen MR) is 635 cm³/mol. The maximum Gasteiger partial charge on any atom is 0.136 e. The molecule has 0 saturated carbocycles. The minimum atomic E-state index is -0.434. The van der Waals surface area contributed by atoms with E-state index in [-0.39, 0.29) is 153 Å². The molecule has 0 amide bonds. The van der Waals surface area contributed by atoms with Crippen LogP contribution in [0.15, 0.2) is 498 Å². The third kappa shape index (κ3) is 13.4. The van der Waals surface area contributed by atoms with Crippen LogP contribution in [0.25, 0.3) is 285 Å². The molecule has 0 spiro atoms. The van der Waals surface area contributed by atoms with Crippen molar-refractivity contribution in [3.8, 4) is 122 Å². The normalized spacial score (nSPS) is 15.7. The molecule has 3 aromatic heterocycles. The van der Waals surface area contributed by atoms with E-state index in [2.05, 4.69) is 157 Å². The van der Waals surface area contributed by atoms with Crippen LogP contribution in [-0.4, -0.2) is 0 Å². The molecule has 704 valence electrons. The Labute approximate surface area is 902 Å². The summed E-state index contributed by atoms with van der Waals surface area (Å²) in [6.45, 7) is 13.2. The highest BCUT2D eigenvalue weighted by Gasteiger charge is 2.39. The Balaban J connectivity index is 0.000000115. The Kier molecular flexibility index (Phi) is 14.6. The van der Waals surface area contributed by atoms with E-state index in [0.29, 0.717) is 100 Å². The van der Waals surface area contributed by atoms with E-state index < -0.39 is 72.5 Å². The number of hydrogen-bond donors (Lipinski definition) is 0. The molecule has 32 rings (SSSR count). The SMILES string of the molecule is [2H]c1c([2H])c([2H])c2c(-c3ccc4oc5cc6ccccc6cc5c4c3)c3c([2H])c([2H])c([2H])c([2H])c3c(-c3ccc(-c4ccc5c(c4)C(C)(C)c4ccccc4-5)cc3)c2c1[2H].[2H]c1c([2H])c([2H])c2c(-c3ccc4oc5cc6ccccc6cc5c4c3)c3c([2H])c([2H])c([2H])c([2H])c3c(-c3ccc4c(c3)C(C)(C)c3ccccc3-4)c2c1[2H].[2H]c1c([2H])c([2H])c2c(-c3ccc4oc5cc6ccccc6cc5c4c3)c3c([2H])c([2H])c([2H])c([2H])c3c(-c3cccc(-c4ccc5c(c4)C(C)(C)c4ccccc4-5)c3)c2c1[2H]. The third-order valence-electron chi connectivity index (χ3n) is 32.0. The standard InChI is InChI=1S/2C51H34O.C45H30O/c1-51(2)45-21-10-9-16-37(45)38-24-22-34(29-46(38)51)31-14-11-15-35(26-31)49-39-17-5-7-19-41(39)50(42-20-8-6-18-40(42)49)36-23-25-47-43(28-36)44-27-32-12-3-4-13-33(32)30-48(44)52-47;1-51(2)45-18-10-9-13-37(45)38-25-23-35(29-46(38)51)31-19-21-32(22-20-31)49-39-14-5-7-16-41(39)50(42-17-8-6-15-40(42)49)36-24-26-47-43(28-36)44-27-33-11-3-4-12-34(33)30-48(44)52-47;1-45(2)39-18-10-9-13-31(39)32-21-19-30(25-40(32)45)44-35-16-7-5-14-33(35)43(34-15-6-8-17-36(34)44)29-20-22-41-37(24-29)38-23-27-11-3-4-12-28(27)26-42(38)46-41/h2*3-30H,1-2H3;3-26H,1-2H3/i5D,6D,7D,8D,17D,18D,19D,20D;2*5D,6D,7D,8D,14D,15D,16D,17D. The van der Waals surface area contributed by atoms with Crippen LogP contribution >= 0.6 is 0 Å². The first kappa shape index (κ1) is 65.8. The van der Waals surface area contributed by atoms with Gasteiger partial charge in [-0.05, 0) is 350 Å². The molecule has 3 heterocycles. The van der Waals surface area contributed by atoms with Gasteiger partial charge in [-0.3, -0.25) is 0 Å². The molecule has 0 unspecified atom stereocenters. The van der Waals surface area contributed by atoms with Crippen LogP contribution in [0.1, 0.15) is 108 Å². The lowest BCUT2D eigenvalue weighted by Gasteiger charge is -2.23. The number of rotatable bonds is 8. The number of furan rings is 3. The Morgan fingerprint density at radius 3 is 0.667 bits per heavy atom. The van der Waals surface area contributed by atoms with Crippen LogP contribution in [0, 0.1) is 0 Å². The summed E-state index contributed by atoms with van der Waals surface area (Å²) in [6.07, 6.45) is 0. The number of hydrogen-bond acceptors (Lipinski definition) is 3. The van der Waals surface area contributed by atoms with Crippen LogP contribution in [0.2, 0.25) is 0 Å². The second kappa shape index (κ2) is 33.2. The fourth-order valence-electron chi connectivity index (χ4n) is 24.8. The lowest BCUT2D eigenvalue weighted by atomic mass is 9.80. The van der Waals surface area contributed by atoms with Crippen molar-refractivity contribution in [3.05, 3.63) is 518 Å². The molecule has 0 bridgehead atoms. The fourth-order valence-corrected chi connectivity index (χ4v) is 24.8. The minimum absolute atomic E-state index is 0.175. The first-order valence-corrected chi connectivity index (χ1v) is 50.5. The van der Waals surface area contributed by atoms with Crippen molar-refractivity contribution in [2.45, 2.75) is 57.8 Å². The summed E-state index contributed by atoms with van der Waals surface area (Å²) in [4.78, 5) is 0.